The van der Waals surface area contributed by atoms with E-state index in [-0.39, 0.29) is 5.92 Å². The number of fused-ring (bicyclic) bond motifs is 2. The zero-order valence-corrected chi connectivity index (χ0v) is 37.3. The Morgan fingerprint density at radius 3 is 1.50 bits per heavy atom. The Morgan fingerprint density at radius 1 is 0.391 bits per heavy atom. The first-order valence-corrected chi connectivity index (χ1v) is 22.1. The van der Waals surface area contributed by atoms with E-state index in [2.05, 4.69) is 216 Å². The van der Waals surface area contributed by atoms with Crippen LogP contribution in [0.15, 0.2) is 188 Å². The van der Waals surface area contributed by atoms with Gasteiger partial charge in [-0.3, -0.25) is 4.90 Å². The highest BCUT2D eigenvalue weighted by molar-refractivity contribution is 6.05. The molecule has 10 aromatic rings. The van der Waals surface area contributed by atoms with Crippen LogP contribution in [0.25, 0.3) is 55.4 Å². The molecule has 1 aromatic heterocycles. The number of rotatable bonds is 9. The van der Waals surface area contributed by atoms with E-state index in [1.807, 2.05) is 18.2 Å². The number of nitrogens with zero attached hydrogens (tertiary/aromatic N) is 4. The average Bonchev–Trinajstić information content (AvgIpc) is 3.31. The molecule has 0 N–H and O–H groups in total. The number of benzene rings is 9. The van der Waals surface area contributed by atoms with Crippen LogP contribution in [0, 0.1) is 41.5 Å². The summed E-state index contributed by atoms with van der Waals surface area (Å²) >= 11 is 0. The summed E-state index contributed by atoms with van der Waals surface area (Å²) in [6.07, 6.45) is 0. The molecule has 9 aromatic carbocycles. The molecule has 0 unspecified atom stereocenters. The Kier molecular flexibility index (Phi) is 10.7. The van der Waals surface area contributed by atoms with Gasteiger partial charge in [-0.05, 0) is 132 Å². The number of anilines is 3. The number of hydrogen-bond donors (Lipinski definition) is 0. The summed E-state index contributed by atoms with van der Waals surface area (Å²) in [5.74, 6) is 1.77. The maximum absolute atomic E-state index is 5.42. The summed E-state index contributed by atoms with van der Waals surface area (Å²) in [5.41, 5.74) is 17.7. The van der Waals surface area contributed by atoms with Crippen LogP contribution >= 0.6 is 0 Å². The summed E-state index contributed by atoms with van der Waals surface area (Å²) in [4.78, 5) is 18.2. The SMILES string of the molecule is Cc1cc(C)c(C(c2ccc(N(c3nc(-c4ccccc4)nc(-c4ccc5ccccc5c4)n3)c3ccc4ccccc4c3-c3ccccc3)cc2)c2c(C)cc(C)cc2C)c(C)c1. The summed E-state index contributed by atoms with van der Waals surface area (Å²) < 4.78 is 0. The average molecular weight is 827 g/mol. The van der Waals surface area contributed by atoms with Crippen molar-refractivity contribution in [1.82, 2.24) is 15.0 Å². The molecule has 0 atom stereocenters. The Morgan fingerprint density at radius 2 is 0.891 bits per heavy atom. The molecule has 0 spiro atoms. The molecule has 0 bridgehead atoms. The second-order valence-electron chi connectivity index (χ2n) is 17.2. The van der Waals surface area contributed by atoms with Crippen LogP contribution in [-0.2, 0) is 0 Å². The van der Waals surface area contributed by atoms with Gasteiger partial charge in [0, 0.05) is 28.3 Å². The summed E-state index contributed by atoms with van der Waals surface area (Å²) in [6.45, 7) is 13.4. The van der Waals surface area contributed by atoms with E-state index in [1.165, 1.54) is 55.5 Å². The van der Waals surface area contributed by atoms with Gasteiger partial charge in [0.25, 0.3) is 0 Å². The van der Waals surface area contributed by atoms with Crippen molar-refractivity contribution in [1.29, 1.82) is 0 Å². The van der Waals surface area contributed by atoms with Crippen molar-refractivity contribution in [3.63, 3.8) is 0 Å². The molecule has 310 valence electrons. The first-order valence-electron chi connectivity index (χ1n) is 22.1. The van der Waals surface area contributed by atoms with Crippen molar-refractivity contribution in [3.05, 3.63) is 238 Å². The van der Waals surface area contributed by atoms with Gasteiger partial charge in [0.2, 0.25) is 5.95 Å². The topological polar surface area (TPSA) is 41.9 Å². The highest BCUT2D eigenvalue weighted by Crippen LogP contribution is 2.46. The molecule has 1 heterocycles. The van der Waals surface area contributed by atoms with Crippen molar-refractivity contribution in [2.45, 2.75) is 47.5 Å². The predicted molar refractivity (Wildman–Crippen MR) is 268 cm³/mol. The number of aromatic nitrogens is 3. The quantitative estimate of drug-likeness (QED) is 0.136. The van der Waals surface area contributed by atoms with Gasteiger partial charge in [0.15, 0.2) is 11.6 Å². The van der Waals surface area contributed by atoms with Crippen LogP contribution in [0.4, 0.5) is 17.3 Å². The van der Waals surface area contributed by atoms with Gasteiger partial charge in [-0.15, -0.1) is 0 Å². The molecule has 4 nitrogen and oxygen atoms in total. The third-order valence-corrected chi connectivity index (χ3v) is 12.6. The van der Waals surface area contributed by atoms with E-state index < -0.39 is 0 Å². The third-order valence-electron chi connectivity index (χ3n) is 12.6. The number of aryl methyl sites for hydroxylation is 6. The minimum atomic E-state index is 0.0330. The Labute approximate surface area is 376 Å². The Bertz CT molecular complexity index is 3230. The molecule has 64 heavy (non-hydrogen) atoms. The maximum Gasteiger partial charge on any atom is 0.238 e. The lowest BCUT2D eigenvalue weighted by Gasteiger charge is -2.29. The van der Waals surface area contributed by atoms with E-state index in [0.717, 1.165) is 49.8 Å². The second kappa shape index (κ2) is 16.9. The maximum atomic E-state index is 5.42. The van der Waals surface area contributed by atoms with E-state index in [9.17, 15) is 0 Å². The molecular formula is C60H50N4. The van der Waals surface area contributed by atoms with Crippen LogP contribution in [0.3, 0.4) is 0 Å². The highest BCUT2D eigenvalue weighted by atomic mass is 15.3. The van der Waals surface area contributed by atoms with Crippen LogP contribution in [0.2, 0.25) is 0 Å². The molecule has 0 amide bonds. The third kappa shape index (κ3) is 7.62. The fraction of sp³-hybridized carbons (Fsp3) is 0.117. The van der Waals surface area contributed by atoms with Crippen molar-refractivity contribution in [3.8, 4) is 33.9 Å². The minimum absolute atomic E-state index is 0.0330. The van der Waals surface area contributed by atoms with E-state index >= 15 is 0 Å². The molecule has 10 rings (SSSR count). The van der Waals surface area contributed by atoms with Gasteiger partial charge in [0.1, 0.15) is 0 Å². The van der Waals surface area contributed by atoms with Crippen molar-refractivity contribution < 1.29 is 0 Å². The van der Waals surface area contributed by atoms with Crippen LogP contribution in [0.5, 0.6) is 0 Å². The predicted octanol–water partition coefficient (Wildman–Crippen LogP) is 15.7. The van der Waals surface area contributed by atoms with E-state index in [0.29, 0.717) is 17.6 Å². The largest absolute Gasteiger partial charge is 0.278 e. The van der Waals surface area contributed by atoms with Gasteiger partial charge in [-0.25, -0.2) is 4.98 Å². The number of hydrogen-bond acceptors (Lipinski definition) is 4. The summed E-state index contributed by atoms with van der Waals surface area (Å²) in [7, 11) is 0. The molecular weight excluding hydrogens is 777 g/mol. The fourth-order valence-corrected chi connectivity index (χ4v) is 9.94. The van der Waals surface area contributed by atoms with Crippen LogP contribution < -0.4 is 4.90 Å². The smallest absolute Gasteiger partial charge is 0.238 e. The van der Waals surface area contributed by atoms with Crippen LogP contribution in [0.1, 0.15) is 56.0 Å². The first kappa shape index (κ1) is 40.4. The lowest BCUT2D eigenvalue weighted by atomic mass is 9.77. The van der Waals surface area contributed by atoms with Gasteiger partial charge in [-0.2, -0.15) is 9.97 Å². The molecule has 0 aliphatic heterocycles. The standard InChI is InChI=1S/C60H50N4/c1-38-33-40(3)54(41(4)34-38)57(55-42(5)35-39(2)36-43(55)6)47-27-30-51(31-28-47)64(53-32-29-45-18-15-16-24-52(45)56(53)46-19-9-7-10-20-46)60-62-58(48-21-11-8-12-22-48)61-59(63-60)50-26-25-44-17-13-14-23-49(44)37-50/h7-37,57H,1-6H3. The molecule has 0 fully saturated rings. The zero-order valence-electron chi connectivity index (χ0n) is 37.3. The second-order valence-corrected chi connectivity index (χ2v) is 17.2. The van der Waals surface area contributed by atoms with Gasteiger partial charge in [0.05, 0.1) is 5.69 Å². The van der Waals surface area contributed by atoms with Crippen molar-refractivity contribution >= 4 is 38.9 Å². The van der Waals surface area contributed by atoms with Gasteiger partial charge < -0.3 is 0 Å². The molecule has 0 aliphatic carbocycles. The minimum Gasteiger partial charge on any atom is -0.278 e. The molecule has 0 radical (unpaired) electrons. The zero-order chi connectivity index (χ0) is 43.9. The van der Waals surface area contributed by atoms with Gasteiger partial charge in [-0.1, -0.05) is 175 Å². The monoisotopic (exact) mass is 826 g/mol. The summed E-state index contributed by atoms with van der Waals surface area (Å²) in [6, 6.07) is 67.3. The summed E-state index contributed by atoms with van der Waals surface area (Å²) in [5, 5.41) is 4.60. The fourth-order valence-electron chi connectivity index (χ4n) is 9.94. The van der Waals surface area contributed by atoms with Crippen LogP contribution in [-0.4, -0.2) is 15.0 Å². The van der Waals surface area contributed by atoms with E-state index in [1.54, 1.807) is 0 Å². The van der Waals surface area contributed by atoms with Crippen molar-refractivity contribution in [2.24, 2.45) is 0 Å². The molecule has 0 aliphatic rings. The lowest BCUT2D eigenvalue weighted by molar-refractivity contribution is 0.919. The normalized spacial score (nSPS) is 11.4. The Hall–Kier alpha value is -7.69. The molecule has 4 heteroatoms. The molecule has 0 saturated carbocycles. The van der Waals surface area contributed by atoms with Gasteiger partial charge >= 0.3 is 0 Å². The Balaban J connectivity index is 1.24. The van der Waals surface area contributed by atoms with E-state index in [4.69, 9.17) is 15.0 Å². The first-order chi connectivity index (χ1) is 31.2. The van der Waals surface area contributed by atoms with Crippen molar-refractivity contribution in [2.75, 3.05) is 4.90 Å². The lowest BCUT2D eigenvalue weighted by Crippen LogP contribution is -2.17. The highest BCUT2D eigenvalue weighted by Gasteiger charge is 2.27. The molecule has 0 saturated heterocycles.